The van der Waals surface area contributed by atoms with E-state index in [0.29, 0.717) is 24.0 Å². The lowest BCUT2D eigenvalue weighted by atomic mass is 10.1. The minimum atomic E-state index is 0.0940. The molecule has 0 N–H and O–H groups in total. The number of rotatable bonds is 5. The Morgan fingerprint density at radius 3 is 2.61 bits per heavy atom. The van der Waals surface area contributed by atoms with Crippen molar-refractivity contribution in [3.8, 4) is 5.75 Å². The molecule has 0 aromatic heterocycles. The molecule has 1 aromatic rings. The van der Waals surface area contributed by atoms with Gasteiger partial charge >= 0.3 is 0 Å². The van der Waals surface area contributed by atoms with Crippen molar-refractivity contribution in [2.45, 2.75) is 45.7 Å². The van der Waals surface area contributed by atoms with E-state index < -0.39 is 0 Å². The summed E-state index contributed by atoms with van der Waals surface area (Å²) in [5, 5.41) is 0. The van der Waals surface area contributed by atoms with Crippen LogP contribution in [0.2, 0.25) is 0 Å². The molecule has 2 rings (SSSR count). The van der Waals surface area contributed by atoms with Crippen molar-refractivity contribution in [3.63, 3.8) is 0 Å². The lowest BCUT2D eigenvalue weighted by Gasteiger charge is -2.27. The highest BCUT2D eigenvalue weighted by Crippen LogP contribution is 2.31. The number of nitrogens with zero attached hydrogens (tertiary/aromatic N) is 1. The third kappa shape index (κ3) is 2.66. The standard InChI is InChI=1S/C15H21NO2/c1-4-18-14-8-6-5-7-13(14)15(17)16(11(2)3)12-9-10-12/h5-8,11-12H,4,9-10H2,1-3H3. The molecule has 3 nitrogen and oxygen atoms in total. The molecule has 0 spiro atoms. The van der Waals surface area contributed by atoms with Gasteiger partial charge in [0.2, 0.25) is 0 Å². The fourth-order valence-corrected chi connectivity index (χ4v) is 2.24. The Kier molecular flexibility index (Phi) is 3.90. The molecule has 3 heteroatoms. The van der Waals surface area contributed by atoms with Crippen LogP contribution in [0.3, 0.4) is 0 Å². The van der Waals surface area contributed by atoms with Gasteiger partial charge < -0.3 is 9.64 Å². The Bertz CT molecular complexity index is 422. The molecule has 1 fully saturated rings. The summed E-state index contributed by atoms with van der Waals surface area (Å²) in [5.74, 6) is 0.785. The maximum atomic E-state index is 12.6. The largest absolute Gasteiger partial charge is 0.493 e. The third-order valence-electron chi connectivity index (χ3n) is 3.15. The van der Waals surface area contributed by atoms with Gasteiger partial charge in [0.1, 0.15) is 5.75 Å². The molecule has 0 unspecified atom stereocenters. The molecule has 0 radical (unpaired) electrons. The van der Waals surface area contributed by atoms with Crippen molar-refractivity contribution in [1.82, 2.24) is 4.90 Å². The van der Waals surface area contributed by atoms with E-state index in [9.17, 15) is 4.79 Å². The van der Waals surface area contributed by atoms with Gasteiger partial charge in [-0.2, -0.15) is 0 Å². The monoisotopic (exact) mass is 247 g/mol. The van der Waals surface area contributed by atoms with Crippen LogP contribution in [0.1, 0.15) is 44.0 Å². The zero-order valence-electron chi connectivity index (χ0n) is 11.3. The fraction of sp³-hybridized carbons (Fsp3) is 0.533. The number of carbonyl (C=O) groups is 1. The normalized spacial score (nSPS) is 14.7. The minimum absolute atomic E-state index is 0.0940. The van der Waals surface area contributed by atoms with Crippen LogP contribution in [0.25, 0.3) is 0 Å². The van der Waals surface area contributed by atoms with E-state index in [1.54, 1.807) is 0 Å². The van der Waals surface area contributed by atoms with Crippen molar-refractivity contribution >= 4 is 5.91 Å². The first kappa shape index (κ1) is 12.9. The molecule has 0 saturated heterocycles. The predicted octanol–water partition coefficient (Wildman–Crippen LogP) is 3.10. The molecule has 1 aliphatic rings. The van der Waals surface area contributed by atoms with Gasteiger partial charge in [0, 0.05) is 12.1 Å². The van der Waals surface area contributed by atoms with Gasteiger partial charge in [-0.3, -0.25) is 4.79 Å². The van der Waals surface area contributed by atoms with Crippen LogP contribution in [0, 0.1) is 0 Å². The molecule has 0 atom stereocenters. The SMILES string of the molecule is CCOc1ccccc1C(=O)N(C(C)C)C1CC1. The number of benzene rings is 1. The molecule has 0 aliphatic heterocycles. The van der Waals surface area contributed by atoms with Gasteiger partial charge in [-0.25, -0.2) is 0 Å². The quantitative estimate of drug-likeness (QED) is 0.800. The van der Waals surface area contributed by atoms with Gasteiger partial charge in [0.15, 0.2) is 0 Å². The minimum Gasteiger partial charge on any atom is -0.493 e. The molecule has 1 aliphatic carbocycles. The van der Waals surface area contributed by atoms with Crippen LogP contribution in [-0.4, -0.2) is 29.5 Å². The van der Waals surface area contributed by atoms with E-state index in [1.165, 1.54) is 0 Å². The van der Waals surface area contributed by atoms with Gasteiger partial charge in [-0.1, -0.05) is 12.1 Å². The van der Waals surface area contributed by atoms with Crippen LogP contribution in [0.5, 0.6) is 5.75 Å². The van der Waals surface area contributed by atoms with Crippen molar-refractivity contribution in [3.05, 3.63) is 29.8 Å². The number of hydrogen-bond donors (Lipinski definition) is 0. The van der Waals surface area contributed by atoms with E-state index in [4.69, 9.17) is 4.74 Å². The number of hydrogen-bond acceptors (Lipinski definition) is 2. The Morgan fingerprint density at radius 2 is 2.06 bits per heavy atom. The van der Waals surface area contributed by atoms with Crippen LogP contribution < -0.4 is 4.74 Å². The van der Waals surface area contributed by atoms with Crippen LogP contribution >= 0.6 is 0 Å². The lowest BCUT2D eigenvalue weighted by molar-refractivity contribution is 0.0686. The summed E-state index contributed by atoms with van der Waals surface area (Å²) >= 11 is 0. The molecular weight excluding hydrogens is 226 g/mol. The smallest absolute Gasteiger partial charge is 0.258 e. The van der Waals surface area contributed by atoms with Crippen molar-refractivity contribution in [2.75, 3.05) is 6.61 Å². The first-order valence-electron chi connectivity index (χ1n) is 6.69. The lowest BCUT2D eigenvalue weighted by Crippen LogP contribution is -2.38. The number of para-hydroxylation sites is 1. The topological polar surface area (TPSA) is 29.5 Å². The molecule has 1 saturated carbocycles. The Morgan fingerprint density at radius 1 is 1.39 bits per heavy atom. The summed E-state index contributed by atoms with van der Waals surface area (Å²) in [5.41, 5.74) is 0.681. The Labute approximate surface area is 109 Å². The maximum Gasteiger partial charge on any atom is 0.258 e. The summed E-state index contributed by atoms with van der Waals surface area (Å²) in [6.45, 7) is 6.65. The Balaban J connectivity index is 2.26. The zero-order chi connectivity index (χ0) is 13.1. The molecule has 0 heterocycles. The molecule has 0 bridgehead atoms. The summed E-state index contributed by atoms with van der Waals surface area (Å²) in [4.78, 5) is 14.6. The molecule has 98 valence electrons. The predicted molar refractivity (Wildman–Crippen MR) is 71.9 cm³/mol. The highest BCUT2D eigenvalue weighted by atomic mass is 16.5. The summed E-state index contributed by atoms with van der Waals surface area (Å²) in [6, 6.07) is 8.17. The second kappa shape index (κ2) is 5.42. The third-order valence-corrected chi connectivity index (χ3v) is 3.15. The number of carbonyl (C=O) groups excluding carboxylic acids is 1. The van der Waals surface area contributed by atoms with Gasteiger partial charge in [0.05, 0.1) is 12.2 Å². The zero-order valence-corrected chi connectivity index (χ0v) is 11.3. The second-order valence-corrected chi connectivity index (χ2v) is 4.97. The van der Waals surface area contributed by atoms with E-state index in [2.05, 4.69) is 13.8 Å². The molecule has 1 amide bonds. The van der Waals surface area contributed by atoms with Crippen LogP contribution in [0.4, 0.5) is 0 Å². The average Bonchev–Trinajstić information content (AvgIpc) is 3.14. The summed E-state index contributed by atoms with van der Waals surface area (Å²) in [7, 11) is 0. The van der Waals surface area contributed by atoms with E-state index in [1.807, 2.05) is 36.1 Å². The molecular formula is C15H21NO2. The molecule has 18 heavy (non-hydrogen) atoms. The van der Waals surface area contributed by atoms with Crippen molar-refractivity contribution in [1.29, 1.82) is 0 Å². The van der Waals surface area contributed by atoms with Gasteiger partial charge in [-0.05, 0) is 45.7 Å². The Hall–Kier alpha value is -1.51. The second-order valence-electron chi connectivity index (χ2n) is 4.97. The van der Waals surface area contributed by atoms with E-state index >= 15 is 0 Å². The highest BCUT2D eigenvalue weighted by Gasteiger charge is 2.35. The van der Waals surface area contributed by atoms with Crippen LogP contribution in [0.15, 0.2) is 24.3 Å². The number of amides is 1. The summed E-state index contributed by atoms with van der Waals surface area (Å²) < 4.78 is 5.54. The molecule has 1 aromatic carbocycles. The fourth-order valence-electron chi connectivity index (χ4n) is 2.24. The highest BCUT2D eigenvalue weighted by molar-refractivity contribution is 5.97. The number of ether oxygens (including phenoxy) is 1. The average molecular weight is 247 g/mol. The van der Waals surface area contributed by atoms with Crippen molar-refractivity contribution < 1.29 is 9.53 Å². The van der Waals surface area contributed by atoms with Gasteiger partial charge in [0.25, 0.3) is 5.91 Å². The van der Waals surface area contributed by atoms with Crippen molar-refractivity contribution in [2.24, 2.45) is 0 Å². The van der Waals surface area contributed by atoms with E-state index in [0.717, 1.165) is 12.8 Å². The first-order chi connectivity index (χ1) is 8.65. The first-order valence-corrected chi connectivity index (χ1v) is 6.69. The van der Waals surface area contributed by atoms with Gasteiger partial charge in [-0.15, -0.1) is 0 Å². The maximum absolute atomic E-state index is 12.6. The van der Waals surface area contributed by atoms with Crippen LogP contribution in [-0.2, 0) is 0 Å². The summed E-state index contributed by atoms with van der Waals surface area (Å²) in [6.07, 6.45) is 2.25. The van der Waals surface area contributed by atoms with E-state index in [-0.39, 0.29) is 11.9 Å².